The third kappa shape index (κ3) is 6.40. The topological polar surface area (TPSA) is 133 Å². The van der Waals surface area contributed by atoms with Crippen molar-refractivity contribution >= 4 is 24.9 Å². The summed E-state index contributed by atoms with van der Waals surface area (Å²) in [7, 11) is -5.45. The van der Waals surface area contributed by atoms with Crippen molar-refractivity contribution in [2.75, 3.05) is 15.5 Å². The van der Waals surface area contributed by atoms with E-state index in [9.17, 15) is 30.9 Å². The van der Waals surface area contributed by atoms with Crippen LogP contribution in [0.25, 0.3) is 0 Å². The maximum atomic E-state index is 14.1. The lowest BCUT2D eigenvalue weighted by Crippen LogP contribution is -2.39. The summed E-state index contributed by atoms with van der Waals surface area (Å²) in [6, 6.07) is 5.61. The van der Waals surface area contributed by atoms with Gasteiger partial charge in [-0.15, -0.1) is 13.9 Å². The predicted molar refractivity (Wildman–Crippen MR) is 110 cm³/mol. The number of anilines is 3. The summed E-state index contributed by atoms with van der Waals surface area (Å²) in [4.78, 5) is 0. The van der Waals surface area contributed by atoms with Crippen LogP contribution < -0.4 is 33.0 Å². The highest BCUT2D eigenvalue weighted by molar-refractivity contribution is 7.48. The molecule has 0 radical (unpaired) electrons. The highest BCUT2D eigenvalue weighted by Gasteiger charge is 2.38. The molecule has 35 heavy (non-hydrogen) atoms. The molecule has 0 saturated carbocycles. The van der Waals surface area contributed by atoms with Gasteiger partial charge in [-0.1, -0.05) is 0 Å². The van der Waals surface area contributed by atoms with Crippen molar-refractivity contribution < 1.29 is 44.8 Å². The van der Waals surface area contributed by atoms with Crippen LogP contribution >= 0.6 is 7.82 Å². The summed E-state index contributed by atoms with van der Waals surface area (Å²) in [5, 5.41) is -0.361. The molecule has 0 heterocycles. The van der Waals surface area contributed by atoms with Crippen molar-refractivity contribution in [3.63, 3.8) is 0 Å². The molecule has 0 fully saturated rings. The van der Waals surface area contributed by atoms with Crippen molar-refractivity contribution in [2.45, 2.75) is 0 Å². The molecule has 17 heteroatoms. The highest BCUT2D eigenvalue weighted by atomic mass is 31.2. The van der Waals surface area contributed by atoms with E-state index >= 15 is 0 Å². The molecule has 0 saturated heterocycles. The van der Waals surface area contributed by atoms with Gasteiger partial charge < -0.3 is 0 Å². The molecule has 188 valence electrons. The number of phosphoric acid groups is 1. The van der Waals surface area contributed by atoms with Crippen LogP contribution in [0.2, 0.25) is 0 Å². The van der Waals surface area contributed by atoms with Gasteiger partial charge in [-0.3, -0.25) is 0 Å². The van der Waals surface area contributed by atoms with Gasteiger partial charge >= 0.3 is 7.82 Å². The Bertz CT molecular complexity index is 1120. The van der Waals surface area contributed by atoms with Crippen LogP contribution in [0.15, 0.2) is 54.6 Å². The normalized spacial score (nSPS) is 11.5. The number of nitrogens with zero attached hydrogens (tertiary/aromatic N) is 3. The summed E-state index contributed by atoms with van der Waals surface area (Å²) in [5.74, 6) is 9.89. The van der Waals surface area contributed by atoms with Crippen molar-refractivity contribution in [3.8, 4) is 0 Å². The van der Waals surface area contributed by atoms with Crippen molar-refractivity contribution in [1.29, 1.82) is 0 Å². The van der Waals surface area contributed by atoms with E-state index < -0.39 is 59.8 Å². The molecule has 0 aliphatic heterocycles. The zero-order chi connectivity index (χ0) is 25.9. The molecule has 3 rings (SSSR count). The maximum absolute atomic E-state index is 14.1. The van der Waals surface area contributed by atoms with E-state index in [1.54, 1.807) is 0 Å². The zero-order valence-corrected chi connectivity index (χ0v) is 18.0. The molecule has 0 amide bonds. The van der Waals surface area contributed by atoms with Crippen molar-refractivity contribution in [1.82, 2.24) is 0 Å². The van der Waals surface area contributed by atoms with Crippen LogP contribution in [0.4, 0.5) is 43.4 Å². The third-order valence-corrected chi connectivity index (χ3v) is 5.13. The summed E-state index contributed by atoms with van der Waals surface area (Å²) < 4.78 is 110. The molecule has 0 spiro atoms. The lowest BCUT2D eigenvalue weighted by molar-refractivity contribution is 0.0843. The Morgan fingerprint density at radius 3 is 1.06 bits per heavy atom. The predicted octanol–water partition coefficient (Wildman–Crippen LogP) is 3.86. The Labute approximate surface area is 193 Å². The minimum Gasteiger partial charge on any atom is -0.222 e. The first-order valence-corrected chi connectivity index (χ1v) is 10.5. The summed E-state index contributed by atoms with van der Waals surface area (Å²) in [6.07, 6.45) is 0. The quantitative estimate of drug-likeness (QED) is 0.164. The highest BCUT2D eigenvalue weighted by Crippen LogP contribution is 2.52. The second-order valence-electron chi connectivity index (χ2n) is 6.46. The zero-order valence-electron chi connectivity index (χ0n) is 17.1. The largest absolute Gasteiger partial charge is 0.543 e. The van der Waals surface area contributed by atoms with E-state index in [0.717, 1.165) is 18.2 Å². The van der Waals surface area contributed by atoms with Gasteiger partial charge in [0.05, 0.1) is 0 Å². The molecular formula is C18H15F6N6O4P. The Kier molecular flexibility index (Phi) is 7.86. The fraction of sp³-hybridized carbons (Fsp3) is 0. The minimum absolute atomic E-state index is 0.120. The maximum Gasteiger partial charge on any atom is 0.543 e. The van der Waals surface area contributed by atoms with E-state index in [4.69, 9.17) is 31.4 Å². The van der Waals surface area contributed by atoms with Crippen LogP contribution in [-0.4, -0.2) is 0 Å². The Morgan fingerprint density at radius 1 is 0.543 bits per heavy atom. The Hall–Kier alpha value is -3.37. The monoisotopic (exact) mass is 524 g/mol. The van der Waals surface area contributed by atoms with Gasteiger partial charge in [0.2, 0.25) is 0 Å². The number of halogens is 6. The average molecular weight is 524 g/mol. The SMILES string of the molecule is NN(OP(=O)(ON(N)c1cc(F)ccc1F)ON(N)c1cc(F)ccc1F)c1cc(F)ccc1F. The molecule has 3 aromatic rings. The lowest BCUT2D eigenvalue weighted by atomic mass is 10.3. The van der Waals surface area contributed by atoms with Crippen LogP contribution in [-0.2, 0) is 18.4 Å². The van der Waals surface area contributed by atoms with Crippen molar-refractivity contribution in [2.24, 2.45) is 17.5 Å². The average Bonchev–Trinajstić information content (AvgIpc) is 2.78. The smallest absolute Gasteiger partial charge is 0.222 e. The molecule has 3 aromatic carbocycles. The first-order valence-electron chi connectivity index (χ1n) is 9.07. The van der Waals surface area contributed by atoms with E-state index in [-0.39, 0.29) is 15.5 Å². The number of hydrazine groups is 3. The van der Waals surface area contributed by atoms with Gasteiger partial charge in [0.1, 0.15) is 34.5 Å². The van der Waals surface area contributed by atoms with Crippen LogP contribution in [0, 0.1) is 34.9 Å². The Morgan fingerprint density at radius 2 is 0.800 bits per heavy atom. The molecular weight excluding hydrogens is 509 g/mol. The van der Waals surface area contributed by atoms with Crippen LogP contribution in [0.3, 0.4) is 0 Å². The van der Waals surface area contributed by atoms with Crippen LogP contribution in [0.5, 0.6) is 0 Å². The molecule has 0 aromatic heterocycles. The van der Waals surface area contributed by atoms with Gasteiger partial charge in [-0.2, -0.15) is 15.5 Å². The fourth-order valence-corrected chi connectivity index (χ4v) is 3.46. The van der Waals surface area contributed by atoms with E-state index in [1.165, 1.54) is 0 Å². The number of benzene rings is 3. The van der Waals surface area contributed by atoms with Gasteiger partial charge in [0.25, 0.3) is 0 Å². The molecule has 0 atom stereocenters. The first kappa shape index (κ1) is 26.2. The number of hydrogen-bond donors (Lipinski definition) is 3. The Balaban J connectivity index is 1.96. The fourth-order valence-electron chi connectivity index (χ4n) is 2.46. The molecule has 0 aliphatic carbocycles. The van der Waals surface area contributed by atoms with Gasteiger partial charge in [0, 0.05) is 18.2 Å². The summed E-state index contributed by atoms with van der Waals surface area (Å²) >= 11 is 0. The lowest BCUT2D eigenvalue weighted by Gasteiger charge is -2.29. The second-order valence-corrected chi connectivity index (χ2v) is 7.84. The number of hydrogen-bond acceptors (Lipinski definition) is 10. The van der Waals surface area contributed by atoms with Crippen molar-refractivity contribution in [3.05, 3.63) is 89.5 Å². The van der Waals surface area contributed by atoms with E-state index in [1.807, 2.05) is 0 Å². The van der Waals surface area contributed by atoms with E-state index in [2.05, 4.69) is 0 Å². The van der Waals surface area contributed by atoms with Gasteiger partial charge in [0.15, 0.2) is 17.5 Å². The second kappa shape index (κ2) is 10.5. The number of nitrogens with two attached hydrogens (primary N) is 3. The summed E-state index contributed by atoms with van der Waals surface area (Å²) in [6.45, 7) is 0. The minimum atomic E-state index is -5.45. The van der Waals surface area contributed by atoms with Crippen LogP contribution in [0.1, 0.15) is 0 Å². The molecule has 0 unspecified atom stereocenters. The standard InChI is InChI=1S/C18H15F6N6O4P/c19-10-1-4-13(22)16(7-10)28(25)32-35(31,33-29(26)17-8-11(20)2-5-14(17)23)34-30(27)18-9-12(21)3-6-15(18)24/h1-9H,25-27H2. The number of rotatable bonds is 9. The van der Waals surface area contributed by atoms with Gasteiger partial charge in [-0.25, -0.2) is 48.4 Å². The molecule has 0 aliphatic rings. The molecule has 10 nitrogen and oxygen atoms in total. The van der Waals surface area contributed by atoms with Gasteiger partial charge in [-0.05, 0) is 36.4 Å². The molecule has 6 N–H and O–H groups in total. The van der Waals surface area contributed by atoms with E-state index in [0.29, 0.717) is 36.4 Å². The summed E-state index contributed by atoms with van der Waals surface area (Å²) in [5.41, 5.74) is -2.55. The third-order valence-electron chi connectivity index (χ3n) is 4.00. The first-order chi connectivity index (χ1) is 16.4. The molecule has 0 bridgehead atoms.